The van der Waals surface area contributed by atoms with Gasteiger partial charge in [0, 0.05) is 11.6 Å². The van der Waals surface area contributed by atoms with Crippen molar-refractivity contribution < 1.29 is 14.7 Å². The zero-order valence-corrected chi connectivity index (χ0v) is 11.7. The van der Waals surface area contributed by atoms with Gasteiger partial charge in [0.25, 0.3) is 0 Å². The quantitative estimate of drug-likeness (QED) is 0.884. The lowest BCUT2D eigenvalue weighted by atomic mass is 9.75. The van der Waals surface area contributed by atoms with Gasteiger partial charge < -0.3 is 10.4 Å². The van der Waals surface area contributed by atoms with E-state index in [0.29, 0.717) is 5.69 Å². The molecule has 2 rings (SSSR count). The van der Waals surface area contributed by atoms with Crippen LogP contribution in [-0.4, -0.2) is 22.0 Å². The van der Waals surface area contributed by atoms with Crippen LogP contribution in [0.5, 0.6) is 0 Å². The first-order valence-corrected chi connectivity index (χ1v) is 6.98. The average molecular weight is 276 g/mol. The smallest absolute Gasteiger partial charge is 0.335 e. The molecule has 1 saturated carbocycles. The standard InChI is InChI=1S/C15H20N2O3/c1-15(6-3-2-4-7-15)14(20)17-10-12-9-11(13(18)19)5-8-16-12/h5,8-9H,2-4,6-7,10H2,1H3,(H,17,20)(H,18,19). The number of amides is 1. The fourth-order valence-electron chi connectivity index (χ4n) is 2.65. The van der Waals surface area contributed by atoms with E-state index in [-0.39, 0.29) is 23.4 Å². The molecular formula is C15H20N2O3. The maximum Gasteiger partial charge on any atom is 0.335 e. The molecule has 5 nitrogen and oxygen atoms in total. The van der Waals surface area contributed by atoms with Gasteiger partial charge in [0.2, 0.25) is 5.91 Å². The molecule has 0 spiro atoms. The minimum absolute atomic E-state index is 0.0414. The molecule has 1 aromatic rings. The number of carbonyl (C=O) groups is 2. The van der Waals surface area contributed by atoms with E-state index in [1.165, 1.54) is 24.8 Å². The minimum Gasteiger partial charge on any atom is -0.478 e. The normalized spacial score (nSPS) is 17.4. The van der Waals surface area contributed by atoms with E-state index >= 15 is 0 Å². The molecule has 1 heterocycles. The lowest BCUT2D eigenvalue weighted by Gasteiger charge is -2.31. The summed E-state index contributed by atoms with van der Waals surface area (Å²) in [5.74, 6) is -0.945. The molecular weight excluding hydrogens is 256 g/mol. The highest BCUT2D eigenvalue weighted by Gasteiger charge is 2.34. The van der Waals surface area contributed by atoms with Gasteiger partial charge in [-0.2, -0.15) is 0 Å². The Balaban J connectivity index is 1.96. The second-order valence-electron chi connectivity index (χ2n) is 5.65. The molecule has 0 aliphatic heterocycles. The number of hydrogen-bond acceptors (Lipinski definition) is 3. The Hall–Kier alpha value is -1.91. The van der Waals surface area contributed by atoms with Crippen molar-refractivity contribution in [1.29, 1.82) is 0 Å². The summed E-state index contributed by atoms with van der Waals surface area (Å²) < 4.78 is 0. The number of pyridine rings is 1. The maximum absolute atomic E-state index is 12.3. The predicted molar refractivity (Wildman–Crippen MR) is 74.2 cm³/mol. The second kappa shape index (κ2) is 6.03. The van der Waals surface area contributed by atoms with Gasteiger partial charge in [-0.1, -0.05) is 26.2 Å². The molecule has 1 fully saturated rings. The highest BCUT2D eigenvalue weighted by atomic mass is 16.4. The number of hydrogen-bond donors (Lipinski definition) is 2. The zero-order valence-electron chi connectivity index (χ0n) is 11.7. The van der Waals surface area contributed by atoms with Crippen molar-refractivity contribution in [3.8, 4) is 0 Å². The number of nitrogens with zero attached hydrogens (tertiary/aromatic N) is 1. The second-order valence-corrected chi connectivity index (χ2v) is 5.65. The lowest BCUT2D eigenvalue weighted by molar-refractivity contribution is -0.132. The third-order valence-electron chi connectivity index (χ3n) is 4.00. The van der Waals surface area contributed by atoms with E-state index in [1.807, 2.05) is 6.92 Å². The number of carbonyl (C=O) groups excluding carboxylic acids is 1. The molecule has 0 unspecified atom stereocenters. The van der Waals surface area contributed by atoms with Crippen LogP contribution in [0.15, 0.2) is 18.3 Å². The van der Waals surface area contributed by atoms with Gasteiger partial charge >= 0.3 is 5.97 Å². The van der Waals surface area contributed by atoms with Crippen LogP contribution in [0.2, 0.25) is 0 Å². The molecule has 1 aliphatic rings. The number of carboxylic acids is 1. The van der Waals surface area contributed by atoms with Crippen molar-refractivity contribution in [1.82, 2.24) is 10.3 Å². The molecule has 1 amide bonds. The topological polar surface area (TPSA) is 79.3 Å². The number of nitrogens with one attached hydrogen (secondary N) is 1. The first-order chi connectivity index (χ1) is 9.51. The predicted octanol–water partition coefficient (Wildman–Crippen LogP) is 2.37. The van der Waals surface area contributed by atoms with Gasteiger partial charge in [-0.25, -0.2) is 4.79 Å². The Morgan fingerprint density at radius 1 is 1.35 bits per heavy atom. The monoisotopic (exact) mass is 276 g/mol. The fraction of sp³-hybridized carbons (Fsp3) is 0.533. The molecule has 0 saturated heterocycles. The van der Waals surface area contributed by atoms with Gasteiger partial charge in [0.05, 0.1) is 17.8 Å². The van der Waals surface area contributed by atoms with Gasteiger partial charge in [-0.05, 0) is 25.0 Å². The molecule has 0 bridgehead atoms. The molecule has 108 valence electrons. The molecule has 0 aromatic carbocycles. The van der Waals surface area contributed by atoms with Crippen LogP contribution < -0.4 is 5.32 Å². The lowest BCUT2D eigenvalue weighted by Crippen LogP contribution is -2.40. The Labute approximate surface area is 118 Å². The summed E-state index contributed by atoms with van der Waals surface area (Å²) in [4.78, 5) is 27.2. The third kappa shape index (κ3) is 3.35. The number of aromatic carboxylic acids is 1. The summed E-state index contributed by atoms with van der Waals surface area (Å²) in [5, 5.41) is 11.8. The molecule has 0 atom stereocenters. The molecule has 0 radical (unpaired) electrons. The zero-order chi connectivity index (χ0) is 14.6. The maximum atomic E-state index is 12.3. The summed E-state index contributed by atoms with van der Waals surface area (Å²) in [6, 6.07) is 2.93. The van der Waals surface area contributed by atoms with Crippen molar-refractivity contribution in [2.45, 2.75) is 45.6 Å². The first kappa shape index (κ1) is 14.5. The Morgan fingerprint density at radius 2 is 2.05 bits per heavy atom. The van der Waals surface area contributed by atoms with Crippen LogP contribution in [0.4, 0.5) is 0 Å². The number of carboxylic acid groups (broad SMARTS) is 1. The van der Waals surface area contributed by atoms with Gasteiger partial charge in [-0.15, -0.1) is 0 Å². The minimum atomic E-state index is -0.987. The van der Waals surface area contributed by atoms with Crippen molar-refractivity contribution in [3.05, 3.63) is 29.6 Å². The van der Waals surface area contributed by atoms with E-state index in [2.05, 4.69) is 10.3 Å². The van der Waals surface area contributed by atoms with Gasteiger partial charge in [0.15, 0.2) is 0 Å². The van der Waals surface area contributed by atoms with E-state index < -0.39 is 5.97 Å². The van der Waals surface area contributed by atoms with Crippen molar-refractivity contribution in [2.24, 2.45) is 5.41 Å². The average Bonchev–Trinajstić information content (AvgIpc) is 2.45. The van der Waals surface area contributed by atoms with Crippen molar-refractivity contribution in [3.63, 3.8) is 0 Å². The SMILES string of the molecule is CC1(C(=O)NCc2cc(C(=O)O)ccn2)CCCCC1. The van der Waals surface area contributed by atoms with Crippen LogP contribution in [-0.2, 0) is 11.3 Å². The third-order valence-corrected chi connectivity index (χ3v) is 4.00. The van der Waals surface area contributed by atoms with Crippen LogP contribution in [0.25, 0.3) is 0 Å². The molecule has 20 heavy (non-hydrogen) atoms. The number of aromatic nitrogens is 1. The molecule has 2 N–H and O–H groups in total. The Morgan fingerprint density at radius 3 is 2.70 bits per heavy atom. The first-order valence-electron chi connectivity index (χ1n) is 6.98. The Bertz CT molecular complexity index is 508. The highest BCUT2D eigenvalue weighted by molar-refractivity contribution is 5.87. The van der Waals surface area contributed by atoms with Crippen LogP contribution in [0.1, 0.15) is 55.1 Å². The van der Waals surface area contributed by atoms with Crippen LogP contribution in [0, 0.1) is 5.41 Å². The summed E-state index contributed by atoms with van der Waals surface area (Å²) in [5.41, 5.74) is 0.466. The van der Waals surface area contributed by atoms with Crippen molar-refractivity contribution >= 4 is 11.9 Å². The van der Waals surface area contributed by atoms with Crippen LogP contribution >= 0.6 is 0 Å². The molecule has 1 aliphatic carbocycles. The number of rotatable bonds is 4. The van der Waals surface area contributed by atoms with E-state index in [9.17, 15) is 9.59 Å². The highest BCUT2D eigenvalue weighted by Crippen LogP contribution is 2.35. The fourth-order valence-corrected chi connectivity index (χ4v) is 2.65. The van der Waals surface area contributed by atoms with E-state index in [1.54, 1.807) is 0 Å². The summed E-state index contributed by atoms with van der Waals surface area (Å²) in [6.07, 6.45) is 6.68. The molecule has 5 heteroatoms. The summed E-state index contributed by atoms with van der Waals surface area (Å²) in [6.45, 7) is 2.28. The van der Waals surface area contributed by atoms with Crippen molar-refractivity contribution in [2.75, 3.05) is 0 Å². The summed E-state index contributed by atoms with van der Waals surface area (Å²) >= 11 is 0. The van der Waals surface area contributed by atoms with Crippen LogP contribution in [0.3, 0.4) is 0 Å². The Kier molecular flexibility index (Phi) is 4.37. The van der Waals surface area contributed by atoms with E-state index in [4.69, 9.17) is 5.11 Å². The van der Waals surface area contributed by atoms with Gasteiger partial charge in [0.1, 0.15) is 0 Å². The van der Waals surface area contributed by atoms with Gasteiger partial charge in [-0.3, -0.25) is 9.78 Å². The molecule has 1 aromatic heterocycles. The largest absolute Gasteiger partial charge is 0.478 e. The summed E-state index contributed by atoms with van der Waals surface area (Å²) in [7, 11) is 0. The van der Waals surface area contributed by atoms with E-state index in [0.717, 1.165) is 25.7 Å².